The number of hydrogen-bond acceptors (Lipinski definition) is 1. The highest BCUT2D eigenvalue weighted by atomic mass is 16.5. The van der Waals surface area contributed by atoms with E-state index in [-0.39, 0.29) is 0 Å². The van der Waals surface area contributed by atoms with Gasteiger partial charge in [0, 0.05) is 0 Å². The highest BCUT2D eigenvalue weighted by molar-refractivity contribution is 5.28. The highest BCUT2D eigenvalue weighted by Crippen LogP contribution is 2.11. The van der Waals surface area contributed by atoms with Crippen molar-refractivity contribution >= 4 is 0 Å². The Kier molecular flexibility index (Phi) is 13.1. The van der Waals surface area contributed by atoms with Crippen LogP contribution in [0.15, 0.2) is 23.8 Å². The molecule has 0 saturated carbocycles. The van der Waals surface area contributed by atoms with Crippen LogP contribution in [-0.2, 0) is 4.74 Å². The SMILES string of the molecule is C=C(C)C1=CCOC1.CC.CCC. The van der Waals surface area contributed by atoms with Gasteiger partial charge in [-0.05, 0) is 12.5 Å². The molecule has 0 fully saturated rings. The maximum atomic E-state index is 5.06. The van der Waals surface area contributed by atoms with Gasteiger partial charge in [-0.15, -0.1) is 0 Å². The van der Waals surface area contributed by atoms with Crippen molar-refractivity contribution in [3.63, 3.8) is 0 Å². The molecule has 1 heterocycles. The van der Waals surface area contributed by atoms with Crippen LogP contribution in [0, 0.1) is 0 Å². The van der Waals surface area contributed by atoms with E-state index in [9.17, 15) is 0 Å². The molecule has 1 rings (SSSR count). The molecule has 0 aliphatic carbocycles. The Labute approximate surface area is 83.5 Å². The van der Waals surface area contributed by atoms with Gasteiger partial charge in [-0.2, -0.15) is 0 Å². The van der Waals surface area contributed by atoms with E-state index in [2.05, 4.69) is 26.5 Å². The molecule has 0 amide bonds. The van der Waals surface area contributed by atoms with Crippen molar-refractivity contribution in [2.24, 2.45) is 0 Å². The molecule has 0 radical (unpaired) electrons. The van der Waals surface area contributed by atoms with E-state index in [4.69, 9.17) is 4.74 Å². The monoisotopic (exact) mass is 184 g/mol. The lowest BCUT2D eigenvalue weighted by Crippen LogP contribution is -1.86. The number of hydrogen-bond donors (Lipinski definition) is 0. The van der Waals surface area contributed by atoms with E-state index in [0.717, 1.165) is 18.8 Å². The van der Waals surface area contributed by atoms with Crippen LogP contribution in [-0.4, -0.2) is 13.2 Å². The van der Waals surface area contributed by atoms with Crippen LogP contribution in [0.1, 0.15) is 41.0 Å². The van der Waals surface area contributed by atoms with Crippen LogP contribution in [0.5, 0.6) is 0 Å². The Morgan fingerprint density at radius 3 is 2.08 bits per heavy atom. The maximum Gasteiger partial charge on any atom is 0.0721 e. The van der Waals surface area contributed by atoms with Crippen molar-refractivity contribution in [2.75, 3.05) is 13.2 Å². The third kappa shape index (κ3) is 9.35. The molecular formula is C12H24O. The molecular weight excluding hydrogens is 160 g/mol. The van der Waals surface area contributed by atoms with Gasteiger partial charge >= 0.3 is 0 Å². The molecule has 0 aromatic heterocycles. The molecule has 1 aliphatic heterocycles. The van der Waals surface area contributed by atoms with Gasteiger partial charge in [0.1, 0.15) is 0 Å². The van der Waals surface area contributed by atoms with Gasteiger partial charge in [0.15, 0.2) is 0 Å². The fraction of sp³-hybridized carbons (Fsp3) is 0.667. The van der Waals surface area contributed by atoms with Crippen molar-refractivity contribution in [1.82, 2.24) is 0 Å². The lowest BCUT2D eigenvalue weighted by Gasteiger charge is -1.94. The van der Waals surface area contributed by atoms with E-state index in [1.807, 2.05) is 20.8 Å². The van der Waals surface area contributed by atoms with Gasteiger partial charge in [-0.3, -0.25) is 0 Å². The summed E-state index contributed by atoms with van der Waals surface area (Å²) in [5.41, 5.74) is 2.38. The first-order valence-corrected chi connectivity index (χ1v) is 5.15. The molecule has 0 N–H and O–H groups in total. The predicted octanol–water partition coefficient (Wildman–Crippen LogP) is 3.96. The highest BCUT2D eigenvalue weighted by Gasteiger charge is 2.02. The largest absolute Gasteiger partial charge is 0.373 e. The van der Waals surface area contributed by atoms with Crippen LogP contribution < -0.4 is 0 Å². The van der Waals surface area contributed by atoms with Crippen molar-refractivity contribution in [3.8, 4) is 0 Å². The second kappa shape index (κ2) is 11.4. The fourth-order valence-corrected chi connectivity index (χ4v) is 0.685. The van der Waals surface area contributed by atoms with Crippen molar-refractivity contribution in [3.05, 3.63) is 23.8 Å². The minimum Gasteiger partial charge on any atom is -0.373 e. The smallest absolute Gasteiger partial charge is 0.0721 e. The van der Waals surface area contributed by atoms with Gasteiger partial charge in [-0.1, -0.05) is 52.3 Å². The second-order valence-electron chi connectivity index (χ2n) is 2.73. The zero-order chi connectivity index (χ0) is 10.7. The first-order valence-electron chi connectivity index (χ1n) is 5.15. The van der Waals surface area contributed by atoms with Crippen LogP contribution in [0.2, 0.25) is 0 Å². The zero-order valence-corrected chi connectivity index (χ0v) is 9.81. The minimum atomic E-state index is 0.759. The van der Waals surface area contributed by atoms with Crippen LogP contribution in [0.3, 0.4) is 0 Å². The Balaban J connectivity index is 0. The first kappa shape index (κ1) is 14.9. The molecule has 1 nitrogen and oxygen atoms in total. The van der Waals surface area contributed by atoms with E-state index < -0.39 is 0 Å². The Morgan fingerprint density at radius 1 is 1.46 bits per heavy atom. The first-order chi connectivity index (χ1) is 6.22. The average molecular weight is 184 g/mol. The summed E-state index contributed by atoms with van der Waals surface area (Å²) in [6.07, 6.45) is 3.32. The van der Waals surface area contributed by atoms with Gasteiger partial charge < -0.3 is 4.74 Å². The molecule has 1 aliphatic rings. The molecule has 13 heavy (non-hydrogen) atoms. The molecule has 0 spiro atoms. The lowest BCUT2D eigenvalue weighted by molar-refractivity contribution is 0.209. The minimum absolute atomic E-state index is 0.759. The lowest BCUT2D eigenvalue weighted by atomic mass is 10.1. The summed E-state index contributed by atoms with van der Waals surface area (Å²) in [5, 5.41) is 0. The normalized spacial score (nSPS) is 13.2. The third-order valence-electron chi connectivity index (χ3n) is 1.25. The molecule has 0 unspecified atom stereocenters. The van der Waals surface area contributed by atoms with E-state index in [0.29, 0.717) is 0 Å². The molecule has 0 atom stereocenters. The Hall–Kier alpha value is -0.560. The Morgan fingerprint density at radius 2 is 1.92 bits per heavy atom. The van der Waals surface area contributed by atoms with Crippen molar-refractivity contribution in [2.45, 2.75) is 41.0 Å². The van der Waals surface area contributed by atoms with Gasteiger partial charge in [-0.25, -0.2) is 0 Å². The predicted molar refractivity (Wildman–Crippen MR) is 61.0 cm³/mol. The van der Waals surface area contributed by atoms with E-state index in [1.165, 1.54) is 12.0 Å². The van der Waals surface area contributed by atoms with Gasteiger partial charge in [0.25, 0.3) is 0 Å². The molecule has 0 bridgehead atoms. The Bertz CT molecular complexity index is 145. The summed E-state index contributed by atoms with van der Waals surface area (Å²) in [7, 11) is 0. The van der Waals surface area contributed by atoms with E-state index in [1.54, 1.807) is 0 Å². The molecule has 1 heteroatoms. The molecule has 0 aromatic carbocycles. The fourth-order valence-electron chi connectivity index (χ4n) is 0.685. The summed E-state index contributed by atoms with van der Waals surface area (Å²) in [5.74, 6) is 0. The zero-order valence-electron chi connectivity index (χ0n) is 9.81. The van der Waals surface area contributed by atoms with Crippen LogP contribution >= 0.6 is 0 Å². The van der Waals surface area contributed by atoms with Gasteiger partial charge in [0.2, 0.25) is 0 Å². The molecule has 0 saturated heterocycles. The topological polar surface area (TPSA) is 9.23 Å². The summed E-state index contributed by atoms with van der Waals surface area (Å²) in [6.45, 7) is 15.6. The van der Waals surface area contributed by atoms with Crippen LogP contribution in [0.4, 0.5) is 0 Å². The van der Waals surface area contributed by atoms with Crippen molar-refractivity contribution in [1.29, 1.82) is 0 Å². The van der Waals surface area contributed by atoms with Crippen molar-refractivity contribution < 1.29 is 4.74 Å². The second-order valence-corrected chi connectivity index (χ2v) is 2.73. The summed E-state index contributed by atoms with van der Waals surface area (Å²) < 4.78 is 5.06. The van der Waals surface area contributed by atoms with Gasteiger partial charge in [0.05, 0.1) is 13.2 Å². The molecule has 0 aromatic rings. The number of ether oxygens (including phenoxy) is 1. The summed E-state index contributed by atoms with van der Waals surface area (Å²) in [4.78, 5) is 0. The summed E-state index contributed by atoms with van der Waals surface area (Å²) >= 11 is 0. The average Bonchev–Trinajstić information content (AvgIpc) is 2.61. The summed E-state index contributed by atoms with van der Waals surface area (Å²) in [6, 6.07) is 0. The number of rotatable bonds is 1. The maximum absolute atomic E-state index is 5.06. The van der Waals surface area contributed by atoms with E-state index >= 15 is 0 Å². The standard InChI is InChI=1S/C7H10O.C3H8.C2H6/c1-6(2)7-3-4-8-5-7;1-3-2;1-2/h3H,1,4-5H2,2H3;3H2,1-2H3;1-2H3. The quantitative estimate of drug-likeness (QED) is 0.599. The molecule has 78 valence electrons. The third-order valence-corrected chi connectivity index (χ3v) is 1.25. The van der Waals surface area contributed by atoms with Crippen LogP contribution in [0.25, 0.3) is 0 Å².